The van der Waals surface area contributed by atoms with E-state index in [2.05, 4.69) is 5.32 Å². The van der Waals surface area contributed by atoms with Crippen molar-refractivity contribution in [1.82, 2.24) is 5.32 Å². The summed E-state index contributed by atoms with van der Waals surface area (Å²) in [7, 11) is 1.58. The zero-order chi connectivity index (χ0) is 19.5. The van der Waals surface area contributed by atoms with Crippen molar-refractivity contribution in [3.8, 4) is 17.2 Å². The molecular formula is C20H20N2O6. The Bertz CT molecular complexity index is 900. The van der Waals surface area contributed by atoms with E-state index < -0.39 is 0 Å². The fraction of sp³-hybridized carbons (Fsp3) is 0.300. The molecule has 2 aromatic carbocycles. The average Bonchev–Trinajstić information content (AvgIpc) is 3.20. The van der Waals surface area contributed by atoms with Crippen LogP contribution in [0.5, 0.6) is 17.2 Å². The van der Waals surface area contributed by atoms with Crippen molar-refractivity contribution in [3.63, 3.8) is 0 Å². The van der Waals surface area contributed by atoms with E-state index in [1.165, 1.54) is 0 Å². The van der Waals surface area contributed by atoms with Gasteiger partial charge in [-0.05, 0) is 30.3 Å². The molecule has 2 aliphatic rings. The quantitative estimate of drug-likeness (QED) is 0.843. The SMILES string of the molecule is COc1cccc(N2CC(CNC(=O)c3ccc4c(c3)OCO4)OCC2=O)c1. The van der Waals surface area contributed by atoms with Crippen LogP contribution in [0.25, 0.3) is 0 Å². The highest BCUT2D eigenvalue weighted by Crippen LogP contribution is 2.32. The molecular weight excluding hydrogens is 364 g/mol. The van der Waals surface area contributed by atoms with Crippen LogP contribution in [-0.4, -0.2) is 51.5 Å². The Morgan fingerprint density at radius 1 is 1.21 bits per heavy atom. The molecule has 8 heteroatoms. The fourth-order valence-electron chi connectivity index (χ4n) is 3.12. The topological polar surface area (TPSA) is 86.3 Å². The minimum absolute atomic E-state index is 0.0399. The lowest BCUT2D eigenvalue weighted by atomic mass is 10.1. The molecule has 0 saturated carbocycles. The van der Waals surface area contributed by atoms with Crippen molar-refractivity contribution >= 4 is 17.5 Å². The van der Waals surface area contributed by atoms with E-state index in [0.717, 1.165) is 5.69 Å². The summed E-state index contributed by atoms with van der Waals surface area (Å²) in [6.45, 7) is 0.737. The van der Waals surface area contributed by atoms with Gasteiger partial charge in [0.2, 0.25) is 6.79 Å². The van der Waals surface area contributed by atoms with Crippen molar-refractivity contribution in [3.05, 3.63) is 48.0 Å². The van der Waals surface area contributed by atoms with Gasteiger partial charge >= 0.3 is 0 Å². The summed E-state index contributed by atoms with van der Waals surface area (Å²) < 4.78 is 21.3. The third kappa shape index (κ3) is 3.72. The molecule has 0 aromatic heterocycles. The molecule has 1 N–H and O–H groups in total. The molecule has 28 heavy (non-hydrogen) atoms. The van der Waals surface area contributed by atoms with Gasteiger partial charge in [0.1, 0.15) is 12.4 Å². The summed E-state index contributed by atoms with van der Waals surface area (Å²) in [5.74, 6) is 1.47. The van der Waals surface area contributed by atoms with E-state index in [-0.39, 0.29) is 37.9 Å². The first-order valence-corrected chi connectivity index (χ1v) is 8.88. The molecule has 2 aromatic rings. The van der Waals surface area contributed by atoms with Crippen molar-refractivity contribution in [2.75, 3.05) is 38.5 Å². The summed E-state index contributed by atoms with van der Waals surface area (Å²) >= 11 is 0. The molecule has 0 bridgehead atoms. The maximum Gasteiger partial charge on any atom is 0.253 e. The van der Waals surface area contributed by atoms with E-state index in [1.807, 2.05) is 18.2 Å². The van der Waals surface area contributed by atoms with E-state index in [1.54, 1.807) is 36.3 Å². The van der Waals surface area contributed by atoms with Crippen molar-refractivity contribution in [1.29, 1.82) is 0 Å². The Morgan fingerprint density at radius 3 is 2.93 bits per heavy atom. The van der Waals surface area contributed by atoms with Gasteiger partial charge in [-0.15, -0.1) is 0 Å². The molecule has 1 unspecified atom stereocenters. The summed E-state index contributed by atoms with van der Waals surface area (Å²) in [5, 5.41) is 2.85. The van der Waals surface area contributed by atoms with E-state index in [0.29, 0.717) is 29.4 Å². The lowest BCUT2D eigenvalue weighted by Crippen LogP contribution is -2.50. The lowest BCUT2D eigenvalue weighted by molar-refractivity contribution is -0.129. The van der Waals surface area contributed by atoms with Crippen LogP contribution in [0.1, 0.15) is 10.4 Å². The second kappa shape index (κ2) is 7.77. The Hall–Kier alpha value is -3.26. The largest absolute Gasteiger partial charge is 0.497 e. The first-order chi connectivity index (χ1) is 13.6. The molecule has 2 aliphatic heterocycles. The van der Waals surface area contributed by atoms with Crippen molar-refractivity contribution in [2.45, 2.75) is 6.10 Å². The number of hydrogen-bond acceptors (Lipinski definition) is 6. The van der Waals surface area contributed by atoms with Gasteiger partial charge in [0, 0.05) is 23.9 Å². The molecule has 0 radical (unpaired) electrons. The molecule has 4 rings (SSSR count). The highest BCUT2D eigenvalue weighted by molar-refractivity contribution is 5.96. The molecule has 1 atom stereocenters. The van der Waals surface area contributed by atoms with Crippen molar-refractivity contribution < 1.29 is 28.5 Å². The van der Waals surface area contributed by atoms with Crippen LogP contribution in [0.3, 0.4) is 0 Å². The van der Waals surface area contributed by atoms with Gasteiger partial charge in [-0.3, -0.25) is 9.59 Å². The molecule has 146 valence electrons. The number of methoxy groups -OCH3 is 1. The van der Waals surface area contributed by atoms with Crippen LogP contribution in [0.4, 0.5) is 5.69 Å². The third-order valence-corrected chi connectivity index (χ3v) is 4.62. The number of hydrogen-bond donors (Lipinski definition) is 1. The molecule has 8 nitrogen and oxygen atoms in total. The van der Waals surface area contributed by atoms with Crippen LogP contribution >= 0.6 is 0 Å². The van der Waals surface area contributed by atoms with E-state index >= 15 is 0 Å². The minimum atomic E-state index is -0.318. The number of amides is 2. The number of morpholine rings is 1. The molecule has 0 aliphatic carbocycles. The first kappa shape index (κ1) is 18.1. The summed E-state index contributed by atoms with van der Waals surface area (Å²) in [4.78, 5) is 26.3. The Balaban J connectivity index is 1.38. The number of nitrogens with zero attached hydrogens (tertiary/aromatic N) is 1. The first-order valence-electron chi connectivity index (χ1n) is 8.88. The molecule has 2 amide bonds. The normalized spacial score (nSPS) is 18.1. The number of benzene rings is 2. The molecule has 0 spiro atoms. The van der Waals surface area contributed by atoms with Gasteiger partial charge in [0.05, 0.1) is 19.8 Å². The van der Waals surface area contributed by atoms with E-state index in [4.69, 9.17) is 18.9 Å². The summed E-state index contributed by atoms with van der Waals surface area (Å²) in [5.41, 5.74) is 1.21. The predicted octanol–water partition coefficient (Wildman–Crippen LogP) is 1.59. The summed E-state index contributed by atoms with van der Waals surface area (Å²) in [6.07, 6.45) is -0.318. The van der Waals surface area contributed by atoms with Crippen LogP contribution in [0, 0.1) is 0 Å². The number of anilines is 1. The lowest BCUT2D eigenvalue weighted by Gasteiger charge is -2.33. The Kier molecular flexibility index (Phi) is 5.03. The van der Waals surface area contributed by atoms with E-state index in [9.17, 15) is 9.59 Å². The second-order valence-corrected chi connectivity index (χ2v) is 6.42. The zero-order valence-corrected chi connectivity index (χ0v) is 15.3. The number of carbonyl (C=O) groups excluding carboxylic acids is 2. The maximum atomic E-state index is 12.4. The second-order valence-electron chi connectivity index (χ2n) is 6.42. The van der Waals surface area contributed by atoms with Gasteiger partial charge in [-0.2, -0.15) is 0 Å². The summed E-state index contributed by atoms with van der Waals surface area (Å²) in [6, 6.07) is 12.3. The predicted molar refractivity (Wildman–Crippen MR) is 100.0 cm³/mol. The Morgan fingerprint density at radius 2 is 2.07 bits per heavy atom. The average molecular weight is 384 g/mol. The standard InChI is InChI=1S/C20H20N2O6/c1-25-15-4-2-3-14(8-15)22-10-16(26-11-19(22)23)9-21-20(24)13-5-6-17-18(7-13)28-12-27-17/h2-8,16H,9-12H2,1H3,(H,21,24). The van der Waals surface area contributed by atoms with Gasteiger partial charge in [0.15, 0.2) is 11.5 Å². The zero-order valence-electron chi connectivity index (χ0n) is 15.3. The van der Waals surface area contributed by atoms with Gasteiger partial charge in [0.25, 0.3) is 11.8 Å². The van der Waals surface area contributed by atoms with Gasteiger partial charge in [-0.25, -0.2) is 0 Å². The number of nitrogens with one attached hydrogen (secondary N) is 1. The highest BCUT2D eigenvalue weighted by atomic mass is 16.7. The third-order valence-electron chi connectivity index (χ3n) is 4.62. The van der Waals surface area contributed by atoms with Crippen LogP contribution in [-0.2, 0) is 9.53 Å². The minimum Gasteiger partial charge on any atom is -0.497 e. The number of carbonyl (C=O) groups is 2. The van der Waals surface area contributed by atoms with Crippen LogP contribution in [0.15, 0.2) is 42.5 Å². The van der Waals surface area contributed by atoms with Crippen LogP contribution in [0.2, 0.25) is 0 Å². The smallest absolute Gasteiger partial charge is 0.253 e. The molecule has 2 heterocycles. The number of fused-ring (bicyclic) bond motifs is 1. The van der Waals surface area contributed by atoms with Gasteiger partial charge in [-0.1, -0.05) is 6.07 Å². The molecule has 1 fully saturated rings. The highest BCUT2D eigenvalue weighted by Gasteiger charge is 2.28. The van der Waals surface area contributed by atoms with Crippen LogP contribution < -0.4 is 24.4 Å². The van der Waals surface area contributed by atoms with Gasteiger partial charge < -0.3 is 29.2 Å². The van der Waals surface area contributed by atoms with Crippen molar-refractivity contribution in [2.24, 2.45) is 0 Å². The number of rotatable bonds is 5. The molecule has 1 saturated heterocycles. The maximum absolute atomic E-state index is 12.4. The number of ether oxygens (including phenoxy) is 4. The monoisotopic (exact) mass is 384 g/mol. The fourth-order valence-corrected chi connectivity index (χ4v) is 3.12. The Labute approximate surface area is 161 Å².